The van der Waals surface area contributed by atoms with Crippen LogP contribution in [0, 0.1) is 13.8 Å². The zero-order valence-corrected chi connectivity index (χ0v) is 25.2. The van der Waals surface area contributed by atoms with Gasteiger partial charge in [0.1, 0.15) is 0 Å². The second kappa shape index (κ2) is 13.2. The van der Waals surface area contributed by atoms with Crippen LogP contribution in [0.5, 0.6) is 0 Å². The van der Waals surface area contributed by atoms with Crippen molar-refractivity contribution >= 4 is 62.9 Å². The second-order valence-electron chi connectivity index (χ2n) is 10.2. The molecule has 3 aromatic heterocycles. The smallest absolute Gasteiger partial charge is 0.657 e. The summed E-state index contributed by atoms with van der Waals surface area (Å²) >= 11 is 0. The molecule has 0 amide bonds. The van der Waals surface area contributed by atoms with Gasteiger partial charge in [0.05, 0.1) is 22.8 Å². The molecule has 2 aliphatic rings. The van der Waals surface area contributed by atoms with E-state index in [1.165, 1.54) is 0 Å². The molecule has 2 aliphatic heterocycles. The Balaban J connectivity index is 0.00000253. The molecule has 0 unspecified atom stereocenters. The van der Waals surface area contributed by atoms with E-state index in [9.17, 15) is 19.8 Å². The fourth-order valence-corrected chi connectivity index (χ4v) is 5.32. The molecule has 0 atom stereocenters. The number of carboxylic acids is 2. The summed E-state index contributed by atoms with van der Waals surface area (Å²) in [6.45, 7) is 13.9. The molecule has 9 nitrogen and oxygen atoms in total. The van der Waals surface area contributed by atoms with Crippen LogP contribution in [-0.4, -0.2) is 37.6 Å². The third kappa shape index (κ3) is 6.46. The normalized spacial score (nSPS) is 12.2. The van der Waals surface area contributed by atoms with Crippen LogP contribution in [0.2, 0.25) is 0 Å². The summed E-state index contributed by atoms with van der Waals surface area (Å²) < 4.78 is 0. The van der Waals surface area contributed by atoms with Crippen LogP contribution < -0.4 is 9.97 Å². The topological polar surface area (TPSA) is 160 Å². The number of rotatable bonds is 8. The number of carbonyl (C=O) groups is 2. The molecule has 4 N–H and O–H groups in total. The van der Waals surface area contributed by atoms with Gasteiger partial charge in [0.15, 0.2) is 0 Å². The maximum Gasteiger partial charge on any atom is 4.00 e. The van der Waals surface area contributed by atoms with E-state index in [1.54, 1.807) is 12.2 Å². The van der Waals surface area contributed by atoms with Gasteiger partial charge in [-0.05, 0) is 56.4 Å². The zero-order valence-electron chi connectivity index (χ0n) is 24.1. The van der Waals surface area contributed by atoms with Crippen molar-refractivity contribution in [1.29, 1.82) is 0 Å². The average molecular weight is 620 g/mol. The SMILES string of the molecule is C=CC1=C(C)c2cc3[n-]c(cc4nc(cc5[n-]c(cc1n2)c(C)c5C=C)C=C4CCC(=O)O)c(CCC(=O)O)c3C.O.[Fe+4]. The summed E-state index contributed by atoms with van der Waals surface area (Å²) in [6.07, 6.45) is 5.91. The number of aryl methyl sites for hydroxylation is 3. The van der Waals surface area contributed by atoms with E-state index >= 15 is 0 Å². The summed E-state index contributed by atoms with van der Waals surface area (Å²) in [4.78, 5) is 42.4. The Kier molecular flexibility index (Phi) is 10.1. The van der Waals surface area contributed by atoms with Crippen molar-refractivity contribution in [3.05, 3.63) is 88.5 Å². The Labute approximate surface area is 259 Å². The van der Waals surface area contributed by atoms with Gasteiger partial charge in [-0.1, -0.05) is 66.3 Å². The number of hydrogen-bond donors (Lipinski definition) is 2. The van der Waals surface area contributed by atoms with Gasteiger partial charge in [0.25, 0.3) is 0 Å². The molecule has 220 valence electrons. The molecule has 5 rings (SSSR count). The molecule has 0 aromatic carbocycles. The summed E-state index contributed by atoms with van der Waals surface area (Å²) in [5.74, 6) is -1.80. The van der Waals surface area contributed by atoms with Gasteiger partial charge in [0.2, 0.25) is 0 Å². The van der Waals surface area contributed by atoms with Gasteiger partial charge >= 0.3 is 29.0 Å². The van der Waals surface area contributed by atoms with E-state index in [0.29, 0.717) is 34.4 Å². The largest absolute Gasteiger partial charge is 4.00 e. The van der Waals surface area contributed by atoms with Crippen LogP contribution in [-0.2, 0) is 33.1 Å². The number of aromatic nitrogens is 4. The summed E-state index contributed by atoms with van der Waals surface area (Å²) in [6, 6.07) is 7.55. The van der Waals surface area contributed by atoms with Crippen molar-refractivity contribution in [3.63, 3.8) is 0 Å². The van der Waals surface area contributed by atoms with Gasteiger partial charge in [-0.25, -0.2) is 9.97 Å². The molecule has 5 heterocycles. The number of hydrogen-bond acceptors (Lipinski definition) is 4. The van der Waals surface area contributed by atoms with Crippen molar-refractivity contribution in [2.45, 2.75) is 46.5 Å². The Morgan fingerprint density at radius 1 is 0.791 bits per heavy atom. The van der Waals surface area contributed by atoms with Gasteiger partial charge in [0, 0.05) is 18.4 Å². The summed E-state index contributed by atoms with van der Waals surface area (Å²) in [5, 5.41) is 18.8. The van der Waals surface area contributed by atoms with Crippen molar-refractivity contribution < 1.29 is 42.3 Å². The molecule has 0 saturated carbocycles. The molecule has 3 aromatic rings. The molecule has 0 saturated heterocycles. The number of nitrogens with zero attached hydrogens (tertiary/aromatic N) is 4. The Hall–Kier alpha value is -4.50. The first-order valence-corrected chi connectivity index (χ1v) is 13.3. The Morgan fingerprint density at radius 3 is 2.05 bits per heavy atom. The molecule has 0 radical (unpaired) electrons. The third-order valence-corrected chi connectivity index (χ3v) is 7.61. The van der Waals surface area contributed by atoms with Crippen LogP contribution in [0.3, 0.4) is 0 Å². The standard InChI is InChI=1S/C33H32N4O4.Fe.H2O/c1-6-22-17(3)27-15-30-23(7-2)18(4)25(36-30)14-26-19(5)24(9-11-33(40)41)31(37-26)16-28-20(8-10-32(38)39)12-21(34-28)13-29(22)35-27;;/h6-7,12-16H,1-2,8-11H2,3-5H3,(H4,34,35,36,37,38,39,40,41);;1H2/q;+4;/p-2. The Morgan fingerprint density at radius 2 is 1.40 bits per heavy atom. The Bertz CT molecular complexity index is 1880. The van der Waals surface area contributed by atoms with Crippen molar-refractivity contribution in [2.75, 3.05) is 0 Å². The number of aliphatic carboxylic acids is 2. The van der Waals surface area contributed by atoms with Crippen LogP contribution >= 0.6 is 0 Å². The second-order valence-corrected chi connectivity index (χ2v) is 10.2. The average Bonchev–Trinajstić information content (AvgIpc) is 3.61. The molecular formula is C33H32FeN4O5+2. The monoisotopic (exact) mass is 620 g/mol. The first-order chi connectivity index (χ1) is 19.6. The third-order valence-electron chi connectivity index (χ3n) is 7.61. The van der Waals surface area contributed by atoms with Gasteiger partial charge in [-0.2, -0.15) is 0 Å². The molecule has 8 bridgehead atoms. The van der Waals surface area contributed by atoms with E-state index in [4.69, 9.17) is 19.9 Å². The minimum absolute atomic E-state index is 0. The maximum atomic E-state index is 11.5. The van der Waals surface area contributed by atoms with E-state index in [1.807, 2.05) is 51.1 Å². The first kappa shape index (κ1) is 33.0. The van der Waals surface area contributed by atoms with Crippen LogP contribution in [0.15, 0.2) is 43.5 Å². The van der Waals surface area contributed by atoms with Crippen molar-refractivity contribution in [3.8, 4) is 0 Å². The fourth-order valence-electron chi connectivity index (χ4n) is 5.32. The molecule has 0 fully saturated rings. The minimum atomic E-state index is -0.902. The zero-order chi connectivity index (χ0) is 29.4. The number of carboxylic acid groups (broad SMARTS) is 2. The molecular weight excluding hydrogens is 588 g/mol. The van der Waals surface area contributed by atoms with E-state index < -0.39 is 11.9 Å². The molecule has 0 aliphatic carbocycles. The predicted octanol–water partition coefficient (Wildman–Crippen LogP) is 5.54. The van der Waals surface area contributed by atoms with Crippen molar-refractivity contribution in [1.82, 2.24) is 19.9 Å². The van der Waals surface area contributed by atoms with Crippen LogP contribution in [0.4, 0.5) is 0 Å². The first-order valence-electron chi connectivity index (χ1n) is 13.3. The quantitative estimate of drug-likeness (QED) is 0.310. The maximum absolute atomic E-state index is 11.5. The number of allylic oxidation sites excluding steroid dienone is 4. The van der Waals surface area contributed by atoms with E-state index in [-0.39, 0.29) is 41.8 Å². The van der Waals surface area contributed by atoms with Gasteiger partial charge in [-0.15, -0.1) is 22.1 Å². The fraction of sp³-hybridized carbons (Fsp3) is 0.212. The summed E-state index contributed by atoms with van der Waals surface area (Å²) in [7, 11) is 0. The van der Waals surface area contributed by atoms with Crippen LogP contribution in [0.25, 0.3) is 50.9 Å². The summed E-state index contributed by atoms with van der Waals surface area (Å²) in [5.41, 5.74) is 11.6. The van der Waals surface area contributed by atoms with Crippen molar-refractivity contribution in [2.24, 2.45) is 0 Å². The van der Waals surface area contributed by atoms with Crippen LogP contribution in [0.1, 0.15) is 71.2 Å². The van der Waals surface area contributed by atoms with Gasteiger partial charge in [-0.3, -0.25) is 9.59 Å². The van der Waals surface area contributed by atoms with Gasteiger partial charge < -0.3 is 25.7 Å². The minimum Gasteiger partial charge on any atom is -0.657 e. The molecule has 43 heavy (non-hydrogen) atoms. The van der Waals surface area contributed by atoms with E-state index in [2.05, 4.69) is 13.2 Å². The molecule has 0 spiro atoms. The molecule has 10 heteroatoms. The predicted molar refractivity (Wildman–Crippen MR) is 166 cm³/mol. The van der Waals surface area contributed by atoms with E-state index in [0.717, 1.165) is 55.9 Å². The number of fused-ring (bicyclic) bond motifs is 8.